The van der Waals surface area contributed by atoms with E-state index < -0.39 is 0 Å². The van der Waals surface area contributed by atoms with Gasteiger partial charge in [-0.15, -0.1) is 0 Å². The Morgan fingerprint density at radius 1 is 1.60 bits per heavy atom. The first-order chi connectivity index (χ1) is 4.75. The molecule has 1 aliphatic rings. The molecule has 58 valence electrons. The van der Waals surface area contributed by atoms with Crippen molar-refractivity contribution in [1.82, 2.24) is 4.90 Å². The zero-order valence-electron chi connectivity index (χ0n) is 6.76. The number of hydrogen-bond donors (Lipinski definition) is 0. The van der Waals surface area contributed by atoms with E-state index in [0.717, 1.165) is 19.4 Å². The van der Waals surface area contributed by atoms with Crippen molar-refractivity contribution in [2.24, 2.45) is 5.92 Å². The van der Waals surface area contributed by atoms with Gasteiger partial charge in [-0.25, -0.2) is 0 Å². The molecule has 0 aliphatic heterocycles. The van der Waals surface area contributed by atoms with Gasteiger partial charge in [0.1, 0.15) is 0 Å². The Morgan fingerprint density at radius 3 is 2.50 bits per heavy atom. The summed E-state index contributed by atoms with van der Waals surface area (Å²) in [5.74, 6) is 0.707. The van der Waals surface area contributed by atoms with Crippen LogP contribution in [0.4, 0.5) is 0 Å². The van der Waals surface area contributed by atoms with Crippen molar-refractivity contribution in [1.29, 1.82) is 0 Å². The summed E-state index contributed by atoms with van der Waals surface area (Å²) < 4.78 is 0. The SMILES string of the molecule is CCN(C)C(=O)C1CCC1. The Kier molecular flexibility index (Phi) is 2.30. The Hall–Kier alpha value is -0.530. The van der Waals surface area contributed by atoms with Crippen LogP contribution in [0, 0.1) is 5.92 Å². The van der Waals surface area contributed by atoms with Crippen molar-refractivity contribution in [3.8, 4) is 0 Å². The Bertz CT molecular complexity index is 122. The molecule has 0 aromatic heterocycles. The van der Waals surface area contributed by atoms with Crippen LogP contribution in [-0.4, -0.2) is 24.4 Å². The van der Waals surface area contributed by atoms with E-state index in [4.69, 9.17) is 0 Å². The molecule has 1 aliphatic carbocycles. The van der Waals surface area contributed by atoms with Gasteiger partial charge in [0.2, 0.25) is 5.91 Å². The molecule has 1 fully saturated rings. The minimum Gasteiger partial charge on any atom is -0.346 e. The maximum absolute atomic E-state index is 11.3. The summed E-state index contributed by atoms with van der Waals surface area (Å²) in [7, 11) is 1.88. The summed E-state index contributed by atoms with van der Waals surface area (Å²) in [4.78, 5) is 13.1. The first kappa shape index (κ1) is 7.58. The van der Waals surface area contributed by atoms with E-state index in [1.54, 1.807) is 0 Å². The van der Waals surface area contributed by atoms with Crippen LogP contribution < -0.4 is 0 Å². The Balaban J connectivity index is 2.32. The Labute approximate surface area is 62.2 Å². The molecule has 0 unspecified atom stereocenters. The normalized spacial score (nSPS) is 18.2. The maximum atomic E-state index is 11.3. The highest BCUT2D eigenvalue weighted by atomic mass is 16.2. The summed E-state index contributed by atoms with van der Waals surface area (Å²) in [6, 6.07) is 0. The molecule has 0 bridgehead atoms. The lowest BCUT2D eigenvalue weighted by Crippen LogP contribution is -2.35. The minimum absolute atomic E-state index is 0.341. The maximum Gasteiger partial charge on any atom is 0.225 e. The molecule has 0 heterocycles. The third kappa shape index (κ3) is 1.31. The largest absolute Gasteiger partial charge is 0.346 e. The van der Waals surface area contributed by atoms with E-state index in [2.05, 4.69) is 0 Å². The van der Waals surface area contributed by atoms with Crippen molar-refractivity contribution < 1.29 is 4.79 Å². The van der Waals surface area contributed by atoms with E-state index >= 15 is 0 Å². The average molecular weight is 141 g/mol. The molecule has 2 heteroatoms. The van der Waals surface area contributed by atoms with Gasteiger partial charge in [0, 0.05) is 19.5 Å². The standard InChI is InChI=1S/C8H15NO/c1-3-9(2)8(10)7-5-4-6-7/h7H,3-6H2,1-2H3. The first-order valence-corrected chi connectivity index (χ1v) is 4.00. The number of amides is 1. The molecule has 0 saturated heterocycles. The lowest BCUT2D eigenvalue weighted by atomic mass is 9.84. The van der Waals surface area contributed by atoms with E-state index in [9.17, 15) is 4.79 Å². The van der Waals surface area contributed by atoms with Gasteiger partial charge in [0.15, 0.2) is 0 Å². The molecule has 1 amide bonds. The fourth-order valence-electron chi connectivity index (χ4n) is 1.12. The van der Waals surface area contributed by atoms with Crippen molar-refractivity contribution in [2.45, 2.75) is 26.2 Å². The van der Waals surface area contributed by atoms with Crippen LogP contribution in [-0.2, 0) is 4.79 Å². The molecule has 0 radical (unpaired) electrons. The second-order valence-electron chi connectivity index (χ2n) is 2.98. The highest BCUT2D eigenvalue weighted by Crippen LogP contribution is 2.27. The Morgan fingerprint density at radius 2 is 2.20 bits per heavy atom. The van der Waals surface area contributed by atoms with E-state index in [0.29, 0.717) is 11.8 Å². The third-order valence-electron chi connectivity index (χ3n) is 2.30. The lowest BCUT2D eigenvalue weighted by molar-refractivity contribution is -0.136. The number of carbonyl (C=O) groups is 1. The predicted octanol–water partition coefficient (Wildman–Crippen LogP) is 1.26. The molecule has 1 rings (SSSR count). The third-order valence-corrected chi connectivity index (χ3v) is 2.30. The van der Waals surface area contributed by atoms with Gasteiger partial charge >= 0.3 is 0 Å². The summed E-state index contributed by atoms with van der Waals surface area (Å²) in [5.41, 5.74) is 0. The molecule has 10 heavy (non-hydrogen) atoms. The molecule has 0 atom stereocenters. The van der Waals surface area contributed by atoms with Gasteiger partial charge < -0.3 is 4.90 Å². The van der Waals surface area contributed by atoms with Crippen molar-refractivity contribution in [3.05, 3.63) is 0 Å². The topological polar surface area (TPSA) is 20.3 Å². The van der Waals surface area contributed by atoms with Crippen molar-refractivity contribution >= 4 is 5.91 Å². The van der Waals surface area contributed by atoms with Crippen LogP contribution >= 0.6 is 0 Å². The lowest BCUT2D eigenvalue weighted by Gasteiger charge is -2.28. The number of rotatable bonds is 2. The van der Waals surface area contributed by atoms with Crippen LogP contribution in [0.15, 0.2) is 0 Å². The molecule has 2 nitrogen and oxygen atoms in total. The highest BCUT2D eigenvalue weighted by Gasteiger charge is 2.26. The molecular weight excluding hydrogens is 126 g/mol. The fourth-order valence-corrected chi connectivity index (χ4v) is 1.12. The molecular formula is C8H15NO. The van der Waals surface area contributed by atoms with Crippen LogP contribution in [0.3, 0.4) is 0 Å². The van der Waals surface area contributed by atoms with E-state index in [1.165, 1.54) is 6.42 Å². The van der Waals surface area contributed by atoms with Crippen LogP contribution in [0.5, 0.6) is 0 Å². The monoisotopic (exact) mass is 141 g/mol. The zero-order chi connectivity index (χ0) is 7.56. The van der Waals surface area contributed by atoms with Crippen molar-refractivity contribution in [3.63, 3.8) is 0 Å². The molecule has 0 N–H and O–H groups in total. The highest BCUT2D eigenvalue weighted by molar-refractivity contribution is 5.79. The molecule has 0 spiro atoms. The van der Waals surface area contributed by atoms with Gasteiger partial charge in [-0.1, -0.05) is 6.42 Å². The zero-order valence-corrected chi connectivity index (χ0v) is 6.76. The molecule has 0 aromatic carbocycles. The molecule has 1 saturated carbocycles. The first-order valence-electron chi connectivity index (χ1n) is 4.00. The molecule has 0 aromatic rings. The van der Waals surface area contributed by atoms with Gasteiger partial charge in [-0.05, 0) is 19.8 Å². The van der Waals surface area contributed by atoms with E-state index in [-0.39, 0.29) is 0 Å². The number of hydrogen-bond acceptors (Lipinski definition) is 1. The van der Waals surface area contributed by atoms with Crippen LogP contribution in [0.2, 0.25) is 0 Å². The van der Waals surface area contributed by atoms with Crippen LogP contribution in [0.1, 0.15) is 26.2 Å². The fraction of sp³-hybridized carbons (Fsp3) is 0.875. The van der Waals surface area contributed by atoms with Gasteiger partial charge in [-0.3, -0.25) is 4.79 Å². The van der Waals surface area contributed by atoms with Crippen molar-refractivity contribution in [2.75, 3.05) is 13.6 Å². The second-order valence-corrected chi connectivity index (χ2v) is 2.98. The minimum atomic E-state index is 0.341. The summed E-state index contributed by atoms with van der Waals surface area (Å²) in [6.45, 7) is 2.85. The van der Waals surface area contributed by atoms with Gasteiger partial charge in [-0.2, -0.15) is 0 Å². The van der Waals surface area contributed by atoms with E-state index in [1.807, 2.05) is 18.9 Å². The van der Waals surface area contributed by atoms with Gasteiger partial charge in [0.05, 0.1) is 0 Å². The summed E-state index contributed by atoms with van der Waals surface area (Å²) in [5, 5.41) is 0. The summed E-state index contributed by atoms with van der Waals surface area (Å²) in [6.07, 6.45) is 3.47. The number of nitrogens with zero attached hydrogens (tertiary/aromatic N) is 1. The second kappa shape index (κ2) is 3.04. The quantitative estimate of drug-likeness (QED) is 0.567. The van der Waals surface area contributed by atoms with Gasteiger partial charge in [0.25, 0.3) is 0 Å². The van der Waals surface area contributed by atoms with Crippen LogP contribution in [0.25, 0.3) is 0 Å². The summed E-state index contributed by atoms with van der Waals surface area (Å²) >= 11 is 0. The average Bonchev–Trinajstić information content (AvgIpc) is 1.82. The smallest absolute Gasteiger partial charge is 0.225 e. The predicted molar refractivity (Wildman–Crippen MR) is 40.7 cm³/mol. The number of carbonyl (C=O) groups excluding carboxylic acids is 1.